The minimum Gasteiger partial charge on any atom is -0.512 e. The number of carbonyl (C=O) groups is 1. The number of rotatable bonds is 2. The molecule has 0 saturated heterocycles. The quantitative estimate of drug-likeness (QED) is 0.261. The van der Waals surface area contributed by atoms with E-state index in [0.717, 1.165) is 6.08 Å². The first-order valence-electron chi connectivity index (χ1n) is 6.94. The standard InChI is InChI=1S/C6H10O3.3C3H8O.Ti/c1-3-9-6(8)4-5(2)7;3*1-3(2)4;/h4,7H,3H2,1-2H3;3*3-4H,1-2H3;. The van der Waals surface area contributed by atoms with E-state index in [2.05, 4.69) is 4.74 Å². The number of esters is 1. The molecule has 0 saturated carbocycles. The Morgan fingerprint density at radius 3 is 1.32 bits per heavy atom. The molecule has 0 heterocycles. The summed E-state index contributed by atoms with van der Waals surface area (Å²) in [6.45, 7) is 13.8. The Hall–Kier alpha value is -0.396. The van der Waals surface area contributed by atoms with Crippen LogP contribution in [0.3, 0.4) is 0 Å². The molecular formula is C15H34O6Ti. The molecule has 0 atom stereocenters. The van der Waals surface area contributed by atoms with E-state index in [0.29, 0.717) is 6.61 Å². The number of hydrogen-bond acceptors (Lipinski definition) is 6. The maximum Gasteiger partial charge on any atom is 0.334 e. The molecule has 0 aliphatic carbocycles. The Balaban J connectivity index is -0.0000000632. The first-order chi connectivity index (χ1) is 9.36. The fourth-order valence-corrected chi connectivity index (χ4v) is 0.354. The molecule has 0 spiro atoms. The zero-order valence-corrected chi connectivity index (χ0v) is 16.7. The van der Waals surface area contributed by atoms with Crippen molar-refractivity contribution in [2.75, 3.05) is 6.61 Å². The Bertz CT molecular complexity index is 214. The molecular weight excluding hydrogens is 324 g/mol. The van der Waals surface area contributed by atoms with Crippen LogP contribution in [0, 0.1) is 0 Å². The van der Waals surface area contributed by atoms with Crippen LogP contribution < -0.4 is 0 Å². The molecule has 0 aromatic rings. The van der Waals surface area contributed by atoms with Gasteiger partial charge in [-0.15, -0.1) is 0 Å². The van der Waals surface area contributed by atoms with Gasteiger partial charge in [-0.1, -0.05) is 0 Å². The van der Waals surface area contributed by atoms with Crippen LogP contribution in [0.5, 0.6) is 0 Å². The molecule has 0 aromatic carbocycles. The second kappa shape index (κ2) is 25.6. The largest absolute Gasteiger partial charge is 0.512 e. The van der Waals surface area contributed by atoms with Crippen LogP contribution in [-0.2, 0) is 31.2 Å². The maximum absolute atomic E-state index is 10.4. The SMILES string of the molecule is CC(C)O.CC(C)O.CC(C)O.CCOC(=O)C=C(C)O.[Ti]. The average molecular weight is 358 g/mol. The Morgan fingerprint density at radius 1 is 0.955 bits per heavy atom. The van der Waals surface area contributed by atoms with Gasteiger partial charge in [0.15, 0.2) is 0 Å². The van der Waals surface area contributed by atoms with E-state index < -0.39 is 5.97 Å². The molecule has 0 unspecified atom stereocenters. The van der Waals surface area contributed by atoms with Crippen LogP contribution in [0.1, 0.15) is 55.4 Å². The van der Waals surface area contributed by atoms with Crippen LogP contribution in [0.25, 0.3) is 0 Å². The molecule has 0 aliphatic heterocycles. The molecule has 134 valence electrons. The van der Waals surface area contributed by atoms with Gasteiger partial charge in [0.2, 0.25) is 0 Å². The van der Waals surface area contributed by atoms with E-state index in [9.17, 15) is 4.79 Å². The number of ether oxygens (including phenoxy) is 1. The van der Waals surface area contributed by atoms with Gasteiger partial charge in [-0.05, 0) is 55.4 Å². The van der Waals surface area contributed by atoms with Crippen LogP contribution in [-0.4, -0.2) is 51.3 Å². The molecule has 4 N–H and O–H groups in total. The molecule has 0 bridgehead atoms. The molecule has 0 radical (unpaired) electrons. The van der Waals surface area contributed by atoms with Crippen molar-refractivity contribution in [3.05, 3.63) is 11.8 Å². The van der Waals surface area contributed by atoms with Crippen molar-refractivity contribution in [2.45, 2.75) is 73.7 Å². The third-order valence-corrected chi connectivity index (χ3v) is 0.613. The summed E-state index contributed by atoms with van der Waals surface area (Å²) in [5, 5.41) is 32.7. The molecule has 0 aromatic heterocycles. The van der Waals surface area contributed by atoms with Gasteiger partial charge in [0.1, 0.15) is 0 Å². The Kier molecular flexibility index (Phi) is 38.6. The molecule has 0 aliphatic rings. The number of aliphatic hydroxyl groups is 4. The van der Waals surface area contributed by atoms with E-state index in [1.54, 1.807) is 48.5 Å². The van der Waals surface area contributed by atoms with Crippen molar-refractivity contribution >= 4 is 5.97 Å². The summed E-state index contributed by atoms with van der Waals surface area (Å²) < 4.78 is 4.48. The summed E-state index contributed by atoms with van der Waals surface area (Å²) >= 11 is 0. The van der Waals surface area contributed by atoms with Gasteiger partial charge < -0.3 is 25.2 Å². The van der Waals surface area contributed by atoms with Gasteiger partial charge in [-0.3, -0.25) is 0 Å². The fourth-order valence-electron chi connectivity index (χ4n) is 0.354. The summed E-state index contributed by atoms with van der Waals surface area (Å²) in [5.74, 6) is -0.536. The monoisotopic (exact) mass is 358 g/mol. The van der Waals surface area contributed by atoms with Crippen molar-refractivity contribution in [1.29, 1.82) is 0 Å². The van der Waals surface area contributed by atoms with Crippen molar-refractivity contribution in [1.82, 2.24) is 0 Å². The van der Waals surface area contributed by atoms with Gasteiger partial charge in [0.25, 0.3) is 0 Å². The Morgan fingerprint density at radius 2 is 1.18 bits per heavy atom. The summed E-state index contributed by atoms with van der Waals surface area (Å²) in [7, 11) is 0. The zero-order valence-electron chi connectivity index (χ0n) is 15.1. The third-order valence-electron chi connectivity index (χ3n) is 0.613. The minimum atomic E-state index is -0.502. The van der Waals surface area contributed by atoms with Crippen molar-refractivity contribution < 1.29 is 51.7 Å². The predicted octanol–water partition coefficient (Wildman–Crippen LogP) is 2.17. The van der Waals surface area contributed by atoms with Crippen molar-refractivity contribution in [2.24, 2.45) is 0 Å². The number of aliphatic hydroxyl groups excluding tert-OH is 4. The van der Waals surface area contributed by atoms with E-state index in [4.69, 9.17) is 20.4 Å². The number of hydrogen-bond donors (Lipinski definition) is 4. The van der Waals surface area contributed by atoms with E-state index >= 15 is 0 Å². The second-order valence-corrected chi connectivity index (χ2v) is 4.82. The maximum atomic E-state index is 10.4. The minimum absolute atomic E-state index is 0. The molecule has 6 nitrogen and oxygen atoms in total. The molecule has 7 heteroatoms. The van der Waals surface area contributed by atoms with Gasteiger partial charge >= 0.3 is 5.97 Å². The molecule has 0 rings (SSSR count). The first kappa shape index (κ1) is 33.3. The summed E-state index contributed by atoms with van der Waals surface area (Å²) in [5.41, 5.74) is 0. The first-order valence-corrected chi connectivity index (χ1v) is 6.94. The average Bonchev–Trinajstić information content (AvgIpc) is 2.12. The number of allylic oxidation sites excluding steroid dienone is 1. The molecule has 0 amide bonds. The van der Waals surface area contributed by atoms with Gasteiger partial charge in [0.05, 0.1) is 18.4 Å². The van der Waals surface area contributed by atoms with Gasteiger partial charge in [-0.2, -0.15) is 0 Å². The van der Waals surface area contributed by atoms with Crippen LogP contribution in [0.15, 0.2) is 11.8 Å². The Labute approximate surface area is 150 Å². The molecule has 0 fully saturated rings. The predicted molar refractivity (Wildman–Crippen MR) is 85.1 cm³/mol. The van der Waals surface area contributed by atoms with Crippen LogP contribution in [0.2, 0.25) is 0 Å². The van der Waals surface area contributed by atoms with Crippen LogP contribution in [0.4, 0.5) is 0 Å². The normalized spacial score (nSPS) is 9.45. The summed E-state index contributed by atoms with van der Waals surface area (Å²) in [4.78, 5) is 10.4. The third kappa shape index (κ3) is 156. The number of carbonyl (C=O) groups excluding carboxylic acids is 1. The van der Waals surface area contributed by atoms with Crippen LogP contribution >= 0.6 is 0 Å². The summed E-state index contributed by atoms with van der Waals surface area (Å²) in [6.07, 6.45) is 0.531. The van der Waals surface area contributed by atoms with Gasteiger partial charge in [0, 0.05) is 40.0 Å². The van der Waals surface area contributed by atoms with Crippen molar-refractivity contribution in [3.8, 4) is 0 Å². The smallest absolute Gasteiger partial charge is 0.334 e. The molecule has 22 heavy (non-hydrogen) atoms. The van der Waals surface area contributed by atoms with E-state index in [1.807, 2.05) is 0 Å². The second-order valence-electron chi connectivity index (χ2n) is 4.82. The van der Waals surface area contributed by atoms with E-state index in [-0.39, 0.29) is 45.8 Å². The summed E-state index contributed by atoms with van der Waals surface area (Å²) in [6, 6.07) is 0. The topological polar surface area (TPSA) is 107 Å². The van der Waals surface area contributed by atoms with Crippen molar-refractivity contribution in [3.63, 3.8) is 0 Å². The van der Waals surface area contributed by atoms with E-state index in [1.165, 1.54) is 6.92 Å². The fraction of sp³-hybridized carbons (Fsp3) is 0.800. The van der Waals surface area contributed by atoms with Gasteiger partial charge in [-0.25, -0.2) is 4.79 Å². The zero-order chi connectivity index (χ0) is 18.0.